The monoisotopic (exact) mass is 401 g/mol. The molecule has 0 spiro atoms. The van der Waals surface area contributed by atoms with E-state index in [1.165, 1.54) is 24.3 Å². The molecular formula is C20H23N3O4S. The topological polar surface area (TPSA) is 95.6 Å². The molecule has 1 heterocycles. The molecule has 1 atom stereocenters. The molecule has 0 unspecified atom stereocenters. The van der Waals surface area contributed by atoms with Gasteiger partial charge in [-0.15, -0.1) is 0 Å². The van der Waals surface area contributed by atoms with Crippen LogP contribution in [0.25, 0.3) is 0 Å². The predicted octanol–water partition coefficient (Wildman–Crippen LogP) is 2.28. The highest BCUT2D eigenvalue weighted by atomic mass is 32.2. The summed E-state index contributed by atoms with van der Waals surface area (Å²) in [6.45, 7) is 4.30. The Morgan fingerprint density at radius 1 is 1.11 bits per heavy atom. The van der Waals surface area contributed by atoms with Crippen molar-refractivity contribution in [3.8, 4) is 0 Å². The Hall–Kier alpha value is -2.71. The first-order valence-electron chi connectivity index (χ1n) is 9.08. The quantitative estimate of drug-likeness (QED) is 0.776. The molecule has 0 bridgehead atoms. The molecule has 2 aromatic carbocycles. The lowest BCUT2D eigenvalue weighted by molar-refractivity contribution is -0.122. The minimum absolute atomic E-state index is 0.0870. The second kappa shape index (κ2) is 8.12. The summed E-state index contributed by atoms with van der Waals surface area (Å²) in [5.74, 6) is -0.805. The molecule has 28 heavy (non-hydrogen) atoms. The highest BCUT2D eigenvalue weighted by molar-refractivity contribution is 7.89. The summed E-state index contributed by atoms with van der Waals surface area (Å²) in [6, 6.07) is 13.6. The number of aryl methyl sites for hydroxylation is 1. The molecular weight excluding hydrogens is 378 g/mol. The maximum absolute atomic E-state index is 12.6. The van der Waals surface area contributed by atoms with Crippen LogP contribution in [0.3, 0.4) is 0 Å². The van der Waals surface area contributed by atoms with E-state index in [-0.39, 0.29) is 23.1 Å². The Balaban J connectivity index is 1.65. The van der Waals surface area contributed by atoms with E-state index in [0.29, 0.717) is 18.8 Å². The molecule has 1 aliphatic heterocycles. The van der Waals surface area contributed by atoms with Gasteiger partial charge in [0, 0.05) is 30.9 Å². The first-order chi connectivity index (χ1) is 13.3. The number of amides is 2. The van der Waals surface area contributed by atoms with Crippen molar-refractivity contribution in [3.63, 3.8) is 0 Å². The fourth-order valence-corrected chi connectivity index (χ4v) is 4.13. The largest absolute Gasteiger partial charge is 0.326 e. The zero-order valence-electron chi connectivity index (χ0n) is 15.8. The van der Waals surface area contributed by atoms with Gasteiger partial charge >= 0.3 is 0 Å². The van der Waals surface area contributed by atoms with Crippen molar-refractivity contribution in [2.75, 3.05) is 23.3 Å². The Bertz CT molecular complexity index is 970. The second-order valence-corrected chi connectivity index (χ2v) is 8.52. The van der Waals surface area contributed by atoms with E-state index in [1.807, 2.05) is 31.2 Å². The normalized spacial score (nSPS) is 17.0. The van der Waals surface area contributed by atoms with Crippen LogP contribution in [0.2, 0.25) is 0 Å². The van der Waals surface area contributed by atoms with Crippen molar-refractivity contribution < 1.29 is 18.0 Å². The van der Waals surface area contributed by atoms with Gasteiger partial charge in [0.15, 0.2) is 0 Å². The maximum atomic E-state index is 12.6. The smallest absolute Gasteiger partial charge is 0.240 e. The van der Waals surface area contributed by atoms with Crippen LogP contribution < -0.4 is 14.9 Å². The van der Waals surface area contributed by atoms with Gasteiger partial charge in [-0.25, -0.2) is 13.1 Å². The van der Waals surface area contributed by atoms with Crippen molar-refractivity contribution >= 4 is 33.2 Å². The number of benzene rings is 2. The summed E-state index contributed by atoms with van der Waals surface area (Å²) in [5.41, 5.74) is 2.37. The lowest BCUT2D eigenvalue weighted by Crippen LogP contribution is -2.28. The summed E-state index contributed by atoms with van der Waals surface area (Å²) in [4.78, 5) is 26.6. The molecule has 0 aromatic heterocycles. The van der Waals surface area contributed by atoms with Crippen LogP contribution >= 0.6 is 0 Å². The van der Waals surface area contributed by atoms with E-state index in [0.717, 1.165) is 11.3 Å². The van der Waals surface area contributed by atoms with E-state index in [1.54, 1.807) is 11.8 Å². The van der Waals surface area contributed by atoms with Gasteiger partial charge in [-0.3, -0.25) is 9.59 Å². The summed E-state index contributed by atoms with van der Waals surface area (Å²) < 4.78 is 26.3. The Morgan fingerprint density at radius 2 is 1.75 bits per heavy atom. The first-order valence-corrected chi connectivity index (χ1v) is 10.6. The molecule has 2 N–H and O–H groups in total. The van der Waals surface area contributed by atoms with Gasteiger partial charge in [0.05, 0.1) is 10.8 Å². The van der Waals surface area contributed by atoms with Crippen molar-refractivity contribution in [1.82, 2.24) is 4.72 Å². The van der Waals surface area contributed by atoms with Gasteiger partial charge in [0.25, 0.3) is 0 Å². The number of anilines is 2. The number of nitrogens with zero attached hydrogens (tertiary/aromatic N) is 1. The summed E-state index contributed by atoms with van der Waals surface area (Å²) in [5, 5.41) is 2.76. The third kappa shape index (κ3) is 4.40. The fraction of sp³-hybridized carbons (Fsp3) is 0.300. The lowest BCUT2D eigenvalue weighted by atomic mass is 10.1. The predicted molar refractivity (Wildman–Crippen MR) is 108 cm³/mol. The van der Waals surface area contributed by atoms with Gasteiger partial charge in [-0.1, -0.05) is 24.6 Å². The van der Waals surface area contributed by atoms with Gasteiger partial charge in [0.1, 0.15) is 0 Å². The number of hydrogen-bond acceptors (Lipinski definition) is 4. The molecule has 8 heteroatoms. The molecule has 148 valence electrons. The molecule has 2 aromatic rings. The van der Waals surface area contributed by atoms with Crippen LogP contribution in [0.5, 0.6) is 0 Å². The standard InChI is InChI=1S/C20H23N3O4S/c1-3-21-28(26,27)18-10-6-16(7-11-18)22-20(25)15-12-19(24)23(13-15)17-8-4-14(2)5-9-17/h4-11,15,21H,3,12-13H2,1-2H3,(H,22,25)/t15-/m0/s1. The van der Waals surface area contributed by atoms with Crippen molar-refractivity contribution in [1.29, 1.82) is 0 Å². The molecule has 7 nitrogen and oxygen atoms in total. The fourth-order valence-electron chi connectivity index (χ4n) is 3.09. The van der Waals surface area contributed by atoms with Gasteiger partial charge in [-0.05, 0) is 43.3 Å². The third-order valence-electron chi connectivity index (χ3n) is 4.61. The number of hydrogen-bond donors (Lipinski definition) is 2. The Kier molecular flexibility index (Phi) is 5.81. The highest BCUT2D eigenvalue weighted by Gasteiger charge is 2.35. The van der Waals surface area contributed by atoms with Crippen molar-refractivity contribution in [3.05, 3.63) is 54.1 Å². The zero-order chi connectivity index (χ0) is 20.3. The number of nitrogens with one attached hydrogen (secondary N) is 2. The number of sulfonamides is 1. The second-order valence-electron chi connectivity index (χ2n) is 6.76. The van der Waals surface area contributed by atoms with Crippen molar-refractivity contribution in [2.24, 2.45) is 5.92 Å². The molecule has 1 aliphatic rings. The zero-order valence-corrected chi connectivity index (χ0v) is 16.6. The van der Waals surface area contributed by atoms with Crippen molar-refractivity contribution in [2.45, 2.75) is 25.2 Å². The summed E-state index contributed by atoms with van der Waals surface area (Å²) in [6.07, 6.45) is 0.145. The van der Waals surface area contributed by atoms with E-state index in [2.05, 4.69) is 10.0 Å². The maximum Gasteiger partial charge on any atom is 0.240 e. The minimum Gasteiger partial charge on any atom is -0.326 e. The number of carbonyl (C=O) groups is 2. The third-order valence-corrected chi connectivity index (χ3v) is 6.17. The highest BCUT2D eigenvalue weighted by Crippen LogP contribution is 2.26. The van der Waals surface area contributed by atoms with Crippen LogP contribution in [0, 0.1) is 12.8 Å². The molecule has 2 amide bonds. The summed E-state index contributed by atoms with van der Waals surface area (Å²) >= 11 is 0. The van der Waals surface area contributed by atoms with Gasteiger partial charge in [-0.2, -0.15) is 0 Å². The minimum atomic E-state index is -3.53. The Morgan fingerprint density at radius 3 is 2.36 bits per heavy atom. The van der Waals surface area contributed by atoms with Crippen LogP contribution in [-0.4, -0.2) is 33.3 Å². The van der Waals surface area contributed by atoms with Crippen LogP contribution in [0.1, 0.15) is 18.9 Å². The average Bonchev–Trinajstić information content (AvgIpc) is 3.05. The molecule has 3 rings (SSSR count). The number of rotatable bonds is 6. The molecule has 0 aliphatic carbocycles. The molecule has 0 saturated carbocycles. The van der Waals surface area contributed by atoms with Crippen LogP contribution in [-0.2, 0) is 19.6 Å². The van der Waals surface area contributed by atoms with E-state index in [9.17, 15) is 18.0 Å². The van der Waals surface area contributed by atoms with Crippen LogP contribution in [0.15, 0.2) is 53.4 Å². The van der Waals surface area contributed by atoms with Gasteiger partial charge in [0.2, 0.25) is 21.8 Å². The molecule has 1 fully saturated rings. The average molecular weight is 401 g/mol. The lowest BCUT2D eigenvalue weighted by Gasteiger charge is -2.17. The molecule has 0 radical (unpaired) electrons. The van der Waals surface area contributed by atoms with E-state index >= 15 is 0 Å². The Labute approximate surface area is 164 Å². The van der Waals surface area contributed by atoms with E-state index in [4.69, 9.17) is 0 Å². The van der Waals surface area contributed by atoms with Gasteiger partial charge < -0.3 is 10.2 Å². The SMILES string of the molecule is CCNS(=O)(=O)c1ccc(NC(=O)[C@H]2CC(=O)N(c3ccc(C)cc3)C2)cc1. The number of carbonyl (C=O) groups excluding carboxylic acids is 2. The van der Waals surface area contributed by atoms with Crippen LogP contribution in [0.4, 0.5) is 11.4 Å². The van der Waals surface area contributed by atoms with E-state index < -0.39 is 15.9 Å². The molecule has 1 saturated heterocycles. The first kappa shape index (κ1) is 20.0. The summed E-state index contributed by atoms with van der Waals surface area (Å²) in [7, 11) is -3.53.